The number of hydrogen-bond donors (Lipinski definition) is 1. The zero-order valence-corrected chi connectivity index (χ0v) is 11.2. The van der Waals surface area contributed by atoms with Crippen molar-refractivity contribution in [3.63, 3.8) is 0 Å². The Morgan fingerprint density at radius 2 is 1.75 bits per heavy atom. The molecule has 0 aliphatic rings. The molecule has 0 aliphatic carbocycles. The van der Waals surface area contributed by atoms with Gasteiger partial charge in [0.2, 0.25) is 0 Å². The van der Waals surface area contributed by atoms with Gasteiger partial charge in [-0.2, -0.15) is 0 Å². The van der Waals surface area contributed by atoms with Gasteiger partial charge in [0, 0.05) is 11.5 Å². The van der Waals surface area contributed by atoms with Gasteiger partial charge >= 0.3 is 0 Å². The summed E-state index contributed by atoms with van der Waals surface area (Å²) < 4.78 is 2.05. The summed E-state index contributed by atoms with van der Waals surface area (Å²) in [7, 11) is 0. The zero-order chi connectivity index (χ0) is 12.5. The van der Waals surface area contributed by atoms with Crippen LogP contribution in [0.3, 0.4) is 0 Å². The van der Waals surface area contributed by atoms with Gasteiger partial charge in [0.05, 0.1) is 0 Å². The van der Waals surface area contributed by atoms with E-state index in [0.29, 0.717) is 17.7 Å². The molecule has 1 N–H and O–H groups in total. The van der Waals surface area contributed by atoms with Crippen LogP contribution < -0.4 is 0 Å². The second-order valence-electron chi connectivity index (χ2n) is 5.67. The number of nitrogens with zero attached hydrogens (tertiary/aromatic N) is 3. The number of aliphatic hydroxyl groups is 1. The average molecular weight is 225 g/mol. The molecule has 0 aliphatic heterocycles. The fraction of sp³-hybridized carbons (Fsp3) is 0.833. The van der Waals surface area contributed by atoms with Gasteiger partial charge in [-0.15, -0.1) is 10.2 Å². The van der Waals surface area contributed by atoms with E-state index in [1.165, 1.54) is 0 Å². The first kappa shape index (κ1) is 13.2. The summed E-state index contributed by atoms with van der Waals surface area (Å²) in [5.41, 5.74) is -0.0972. The molecular weight excluding hydrogens is 202 g/mol. The van der Waals surface area contributed by atoms with E-state index in [-0.39, 0.29) is 12.1 Å². The number of aromatic nitrogens is 3. The van der Waals surface area contributed by atoms with Crippen LogP contribution in [0.1, 0.15) is 59.1 Å². The lowest BCUT2D eigenvalue weighted by Gasteiger charge is -2.27. The first-order chi connectivity index (χ1) is 7.29. The van der Waals surface area contributed by atoms with Crippen molar-refractivity contribution in [3.8, 4) is 0 Å². The van der Waals surface area contributed by atoms with E-state index in [1.54, 1.807) is 0 Å². The Morgan fingerprint density at radius 1 is 1.19 bits per heavy atom. The fourth-order valence-electron chi connectivity index (χ4n) is 1.76. The summed E-state index contributed by atoms with van der Waals surface area (Å²) >= 11 is 0. The minimum atomic E-state index is -0.0972. The van der Waals surface area contributed by atoms with Crippen molar-refractivity contribution >= 4 is 0 Å². The van der Waals surface area contributed by atoms with E-state index in [4.69, 9.17) is 0 Å². The third-order valence-electron chi connectivity index (χ3n) is 2.97. The maximum Gasteiger partial charge on any atom is 0.159 e. The molecule has 1 rings (SSSR count). The van der Waals surface area contributed by atoms with E-state index in [1.807, 2.05) is 0 Å². The third-order valence-corrected chi connectivity index (χ3v) is 2.97. The van der Waals surface area contributed by atoms with Gasteiger partial charge in [-0.05, 0) is 26.7 Å². The lowest BCUT2D eigenvalue weighted by molar-refractivity contribution is 0.245. The van der Waals surface area contributed by atoms with Crippen molar-refractivity contribution in [2.24, 2.45) is 5.92 Å². The topological polar surface area (TPSA) is 50.9 Å². The summed E-state index contributed by atoms with van der Waals surface area (Å²) in [6, 6.07) is 0. The van der Waals surface area contributed by atoms with Crippen molar-refractivity contribution in [2.75, 3.05) is 0 Å². The largest absolute Gasteiger partial charge is 0.388 e. The molecule has 1 heterocycles. The fourth-order valence-corrected chi connectivity index (χ4v) is 1.76. The highest BCUT2D eigenvalue weighted by Crippen LogP contribution is 2.27. The molecule has 1 atom stereocenters. The van der Waals surface area contributed by atoms with Crippen molar-refractivity contribution in [2.45, 2.75) is 59.6 Å². The quantitative estimate of drug-likeness (QED) is 0.858. The highest BCUT2D eigenvalue weighted by atomic mass is 16.3. The second kappa shape index (κ2) is 4.53. The highest BCUT2D eigenvalue weighted by Gasteiger charge is 2.26. The molecule has 0 saturated carbocycles. The van der Waals surface area contributed by atoms with Crippen molar-refractivity contribution in [1.29, 1.82) is 0 Å². The molecule has 0 radical (unpaired) electrons. The van der Waals surface area contributed by atoms with Crippen LogP contribution in [0.25, 0.3) is 0 Å². The van der Waals surface area contributed by atoms with Crippen LogP contribution in [0.15, 0.2) is 0 Å². The van der Waals surface area contributed by atoms with Crippen LogP contribution in [-0.2, 0) is 12.1 Å². The summed E-state index contributed by atoms with van der Waals surface area (Å²) in [4.78, 5) is 0. The van der Waals surface area contributed by atoms with Gasteiger partial charge in [-0.1, -0.05) is 20.8 Å². The van der Waals surface area contributed by atoms with Gasteiger partial charge in [-0.3, -0.25) is 0 Å². The predicted molar refractivity (Wildman–Crippen MR) is 64.2 cm³/mol. The van der Waals surface area contributed by atoms with Crippen LogP contribution in [0, 0.1) is 5.92 Å². The molecule has 0 fully saturated rings. The molecule has 0 amide bonds. The highest BCUT2D eigenvalue weighted by molar-refractivity contribution is 5.05. The molecule has 0 aromatic carbocycles. The Balaban J connectivity index is 3.25. The molecule has 4 nitrogen and oxygen atoms in total. The normalized spacial score (nSPS) is 14.5. The molecule has 4 heteroatoms. The Bertz CT molecular complexity index is 350. The maximum absolute atomic E-state index is 9.29. The van der Waals surface area contributed by atoms with Gasteiger partial charge in [0.25, 0.3) is 0 Å². The van der Waals surface area contributed by atoms with E-state index in [9.17, 15) is 5.11 Å². The van der Waals surface area contributed by atoms with Crippen molar-refractivity contribution in [1.82, 2.24) is 14.8 Å². The molecule has 92 valence electrons. The van der Waals surface area contributed by atoms with Crippen LogP contribution in [0.4, 0.5) is 0 Å². The summed E-state index contributed by atoms with van der Waals surface area (Å²) in [5.74, 6) is 2.46. The second-order valence-corrected chi connectivity index (χ2v) is 5.67. The predicted octanol–water partition coefficient (Wildman–Crippen LogP) is 2.28. The molecule has 1 aromatic rings. The molecular formula is C12H23N3O. The van der Waals surface area contributed by atoms with E-state index in [2.05, 4.69) is 56.3 Å². The number of hydrogen-bond acceptors (Lipinski definition) is 3. The van der Waals surface area contributed by atoms with Crippen molar-refractivity contribution in [3.05, 3.63) is 11.6 Å². The number of rotatable bonds is 3. The van der Waals surface area contributed by atoms with Crippen LogP contribution >= 0.6 is 0 Å². The molecule has 0 spiro atoms. The minimum absolute atomic E-state index is 0.0604. The van der Waals surface area contributed by atoms with E-state index < -0.39 is 0 Å². The Hall–Kier alpha value is -0.900. The smallest absolute Gasteiger partial charge is 0.159 e. The van der Waals surface area contributed by atoms with E-state index in [0.717, 1.165) is 5.82 Å². The monoisotopic (exact) mass is 225 g/mol. The lowest BCUT2D eigenvalue weighted by Crippen LogP contribution is -2.28. The van der Waals surface area contributed by atoms with E-state index >= 15 is 0 Å². The molecule has 0 saturated heterocycles. The van der Waals surface area contributed by atoms with Crippen LogP contribution in [0.2, 0.25) is 0 Å². The minimum Gasteiger partial charge on any atom is -0.388 e. The maximum atomic E-state index is 9.29. The number of aliphatic hydroxyl groups excluding tert-OH is 1. The van der Waals surface area contributed by atoms with Crippen LogP contribution in [-0.4, -0.2) is 19.9 Å². The SMILES string of the molecule is CC(C)C(C)c1nnc(CO)n1C(C)(C)C. The van der Waals surface area contributed by atoms with Gasteiger partial charge in [0.15, 0.2) is 5.82 Å². The molecule has 16 heavy (non-hydrogen) atoms. The molecule has 1 unspecified atom stereocenters. The zero-order valence-electron chi connectivity index (χ0n) is 11.2. The van der Waals surface area contributed by atoms with Gasteiger partial charge in [-0.25, -0.2) is 0 Å². The summed E-state index contributed by atoms with van der Waals surface area (Å²) in [6.45, 7) is 12.7. The molecule has 1 aromatic heterocycles. The first-order valence-electron chi connectivity index (χ1n) is 5.84. The lowest BCUT2D eigenvalue weighted by atomic mass is 9.96. The molecule has 0 bridgehead atoms. The van der Waals surface area contributed by atoms with Crippen LogP contribution in [0.5, 0.6) is 0 Å². The standard InChI is InChI=1S/C12H23N3O/c1-8(2)9(3)11-14-13-10(7-16)15(11)12(4,5)6/h8-9,16H,7H2,1-6H3. The van der Waals surface area contributed by atoms with Crippen molar-refractivity contribution < 1.29 is 5.11 Å². The third kappa shape index (κ3) is 2.43. The average Bonchev–Trinajstić information content (AvgIpc) is 2.58. The Kier molecular flexibility index (Phi) is 3.73. The Labute approximate surface area is 97.7 Å². The summed E-state index contributed by atoms with van der Waals surface area (Å²) in [5, 5.41) is 17.6. The summed E-state index contributed by atoms with van der Waals surface area (Å²) in [6.07, 6.45) is 0. The first-order valence-corrected chi connectivity index (χ1v) is 5.84. The Morgan fingerprint density at radius 3 is 2.12 bits per heavy atom. The van der Waals surface area contributed by atoms with Gasteiger partial charge in [0.1, 0.15) is 12.4 Å². The van der Waals surface area contributed by atoms with Gasteiger partial charge < -0.3 is 9.67 Å².